The van der Waals surface area contributed by atoms with Gasteiger partial charge in [0.25, 0.3) is 0 Å². The summed E-state index contributed by atoms with van der Waals surface area (Å²) in [6.45, 7) is 5.64. The molecular formula is C15H21N3OS. The van der Waals surface area contributed by atoms with Crippen molar-refractivity contribution in [2.45, 2.75) is 20.4 Å². The van der Waals surface area contributed by atoms with Gasteiger partial charge in [-0.15, -0.1) is 0 Å². The summed E-state index contributed by atoms with van der Waals surface area (Å²) in [7, 11) is 2.02. The van der Waals surface area contributed by atoms with Gasteiger partial charge in [-0.1, -0.05) is 13.8 Å². The molecular weight excluding hydrogens is 270 g/mol. The number of hydrogen-bond donors (Lipinski definition) is 1. The maximum absolute atomic E-state index is 5.91. The summed E-state index contributed by atoms with van der Waals surface area (Å²) in [6, 6.07) is 5.89. The average molecular weight is 291 g/mol. The summed E-state index contributed by atoms with van der Waals surface area (Å²) in [4.78, 5) is 6.59. The van der Waals surface area contributed by atoms with E-state index < -0.39 is 0 Å². The number of anilines is 2. The number of nitrogens with zero attached hydrogens (tertiary/aromatic N) is 2. The molecule has 0 aliphatic rings. The van der Waals surface area contributed by atoms with E-state index in [1.54, 1.807) is 11.3 Å². The van der Waals surface area contributed by atoms with Crippen LogP contribution in [0.2, 0.25) is 0 Å². The van der Waals surface area contributed by atoms with Gasteiger partial charge in [-0.05, 0) is 40.4 Å². The highest BCUT2D eigenvalue weighted by molar-refractivity contribution is 7.07. The third-order valence-corrected chi connectivity index (χ3v) is 3.55. The average Bonchev–Trinajstić information content (AvgIpc) is 2.90. The lowest BCUT2D eigenvalue weighted by Crippen LogP contribution is -2.18. The molecule has 0 aliphatic heterocycles. The van der Waals surface area contributed by atoms with E-state index in [2.05, 4.69) is 40.6 Å². The lowest BCUT2D eigenvalue weighted by molar-refractivity contribution is 0.263. The molecule has 2 aromatic rings. The van der Waals surface area contributed by atoms with Gasteiger partial charge in [0.1, 0.15) is 5.82 Å². The summed E-state index contributed by atoms with van der Waals surface area (Å²) in [6.07, 6.45) is 0. The number of pyridine rings is 1. The minimum Gasteiger partial charge on any atom is -0.476 e. The van der Waals surface area contributed by atoms with Crippen LogP contribution in [0.15, 0.2) is 29.0 Å². The second kappa shape index (κ2) is 6.61. The monoisotopic (exact) mass is 291 g/mol. The van der Waals surface area contributed by atoms with Gasteiger partial charge in [0.15, 0.2) is 0 Å². The van der Waals surface area contributed by atoms with Crippen molar-refractivity contribution < 1.29 is 4.74 Å². The predicted octanol–water partition coefficient (Wildman–Crippen LogP) is 3.40. The number of thiophene rings is 1. The van der Waals surface area contributed by atoms with E-state index in [9.17, 15) is 0 Å². The topological polar surface area (TPSA) is 51.4 Å². The van der Waals surface area contributed by atoms with Crippen LogP contribution >= 0.6 is 11.3 Å². The molecule has 0 amide bonds. The van der Waals surface area contributed by atoms with Crippen LogP contribution in [-0.4, -0.2) is 18.6 Å². The Morgan fingerprint density at radius 2 is 2.15 bits per heavy atom. The zero-order valence-corrected chi connectivity index (χ0v) is 13.0. The summed E-state index contributed by atoms with van der Waals surface area (Å²) >= 11 is 1.70. The number of nitrogen functional groups attached to an aromatic ring is 1. The smallest absolute Gasteiger partial charge is 0.239 e. The molecule has 5 heteroatoms. The quantitative estimate of drug-likeness (QED) is 0.886. The molecule has 0 bridgehead atoms. The minimum absolute atomic E-state index is 0.448. The number of hydrogen-bond acceptors (Lipinski definition) is 5. The zero-order chi connectivity index (χ0) is 14.5. The normalized spacial score (nSPS) is 10.8. The van der Waals surface area contributed by atoms with Gasteiger partial charge < -0.3 is 15.4 Å². The van der Waals surface area contributed by atoms with E-state index >= 15 is 0 Å². The van der Waals surface area contributed by atoms with Gasteiger partial charge in [-0.2, -0.15) is 16.3 Å². The van der Waals surface area contributed by atoms with Crippen LogP contribution in [0.4, 0.5) is 11.5 Å². The Balaban J connectivity index is 2.09. The van der Waals surface area contributed by atoms with Gasteiger partial charge in [-0.3, -0.25) is 0 Å². The summed E-state index contributed by atoms with van der Waals surface area (Å²) < 4.78 is 5.66. The van der Waals surface area contributed by atoms with E-state index in [0.29, 0.717) is 24.1 Å². The molecule has 0 unspecified atom stereocenters. The number of ether oxygens (including phenoxy) is 1. The molecule has 2 aromatic heterocycles. The van der Waals surface area contributed by atoms with Crippen LogP contribution in [0.3, 0.4) is 0 Å². The first-order chi connectivity index (χ1) is 9.56. The first-order valence-electron chi connectivity index (χ1n) is 6.68. The van der Waals surface area contributed by atoms with Gasteiger partial charge in [0.2, 0.25) is 5.88 Å². The molecule has 0 atom stereocenters. The van der Waals surface area contributed by atoms with E-state index in [1.807, 2.05) is 19.2 Å². The number of nitrogens with two attached hydrogens (primary N) is 1. The fourth-order valence-electron chi connectivity index (χ4n) is 1.75. The molecule has 0 spiro atoms. The van der Waals surface area contributed by atoms with Crippen molar-refractivity contribution >= 4 is 22.8 Å². The third kappa shape index (κ3) is 3.87. The highest BCUT2D eigenvalue weighted by Gasteiger charge is 2.09. The Morgan fingerprint density at radius 1 is 1.35 bits per heavy atom. The Kier molecular flexibility index (Phi) is 4.84. The van der Waals surface area contributed by atoms with E-state index in [0.717, 1.165) is 12.4 Å². The van der Waals surface area contributed by atoms with Crippen molar-refractivity contribution in [3.05, 3.63) is 34.5 Å². The fourth-order valence-corrected chi connectivity index (χ4v) is 2.41. The Morgan fingerprint density at radius 3 is 2.80 bits per heavy atom. The SMILES string of the molecule is CC(C)COc1nc(N(C)Cc2ccsc2)ccc1N. The molecule has 0 aliphatic carbocycles. The van der Waals surface area contributed by atoms with E-state index in [-0.39, 0.29) is 0 Å². The van der Waals surface area contributed by atoms with Crippen molar-refractivity contribution in [2.75, 3.05) is 24.3 Å². The van der Waals surface area contributed by atoms with Crippen molar-refractivity contribution in [3.8, 4) is 5.88 Å². The molecule has 4 nitrogen and oxygen atoms in total. The van der Waals surface area contributed by atoms with E-state index in [1.165, 1.54) is 5.56 Å². The molecule has 108 valence electrons. The van der Waals surface area contributed by atoms with Crippen LogP contribution in [0.1, 0.15) is 19.4 Å². The van der Waals surface area contributed by atoms with Gasteiger partial charge in [0, 0.05) is 13.6 Å². The largest absolute Gasteiger partial charge is 0.476 e. The highest BCUT2D eigenvalue weighted by Crippen LogP contribution is 2.24. The molecule has 20 heavy (non-hydrogen) atoms. The maximum atomic E-state index is 5.91. The van der Waals surface area contributed by atoms with E-state index in [4.69, 9.17) is 10.5 Å². The lowest BCUT2D eigenvalue weighted by Gasteiger charge is -2.19. The van der Waals surface area contributed by atoms with Crippen LogP contribution in [0, 0.1) is 5.92 Å². The molecule has 2 rings (SSSR count). The lowest BCUT2D eigenvalue weighted by atomic mass is 10.2. The molecule has 0 saturated heterocycles. The van der Waals surface area contributed by atoms with Crippen molar-refractivity contribution in [1.82, 2.24) is 4.98 Å². The van der Waals surface area contributed by atoms with Gasteiger partial charge >= 0.3 is 0 Å². The standard InChI is InChI=1S/C15H21N3OS/c1-11(2)9-19-15-13(16)4-5-14(17-15)18(3)8-12-6-7-20-10-12/h4-7,10-11H,8-9,16H2,1-3H3. The van der Waals surface area contributed by atoms with Gasteiger partial charge in [-0.25, -0.2) is 0 Å². The Labute approximate surface area is 124 Å². The second-order valence-corrected chi connectivity index (χ2v) is 6.04. The molecule has 0 fully saturated rings. The predicted molar refractivity (Wildman–Crippen MR) is 85.4 cm³/mol. The first-order valence-corrected chi connectivity index (χ1v) is 7.62. The Bertz CT molecular complexity index is 540. The molecule has 0 radical (unpaired) electrons. The molecule has 2 heterocycles. The highest BCUT2D eigenvalue weighted by atomic mass is 32.1. The van der Waals surface area contributed by atoms with Crippen LogP contribution in [0.5, 0.6) is 5.88 Å². The van der Waals surface area contributed by atoms with Crippen LogP contribution in [0.25, 0.3) is 0 Å². The van der Waals surface area contributed by atoms with Crippen molar-refractivity contribution in [3.63, 3.8) is 0 Å². The van der Waals surface area contributed by atoms with Crippen LogP contribution < -0.4 is 15.4 Å². The first kappa shape index (κ1) is 14.7. The Hall–Kier alpha value is -1.75. The zero-order valence-electron chi connectivity index (χ0n) is 12.2. The number of rotatable bonds is 6. The van der Waals surface area contributed by atoms with Crippen molar-refractivity contribution in [1.29, 1.82) is 0 Å². The summed E-state index contributed by atoms with van der Waals surface area (Å²) in [5, 5.41) is 4.22. The summed E-state index contributed by atoms with van der Waals surface area (Å²) in [5.74, 6) is 1.83. The second-order valence-electron chi connectivity index (χ2n) is 5.26. The van der Waals surface area contributed by atoms with Crippen molar-refractivity contribution in [2.24, 2.45) is 5.92 Å². The number of aromatic nitrogens is 1. The van der Waals surface area contributed by atoms with Gasteiger partial charge in [0.05, 0.1) is 12.3 Å². The third-order valence-electron chi connectivity index (χ3n) is 2.82. The molecule has 0 saturated carbocycles. The summed E-state index contributed by atoms with van der Waals surface area (Å²) in [5.41, 5.74) is 7.77. The van der Waals surface area contributed by atoms with Crippen LogP contribution in [-0.2, 0) is 6.54 Å². The minimum atomic E-state index is 0.448. The molecule has 2 N–H and O–H groups in total. The fraction of sp³-hybridized carbons (Fsp3) is 0.400. The maximum Gasteiger partial charge on any atom is 0.239 e. The molecule has 0 aromatic carbocycles.